The number of hydrogen-bond donors (Lipinski definition) is 0. The van der Waals surface area contributed by atoms with Gasteiger partial charge in [-0.2, -0.15) is 0 Å². The second-order valence-electron chi connectivity index (χ2n) is 1.77. The molecule has 1 radical (unpaired) electrons. The third-order valence-corrected chi connectivity index (χ3v) is 1.01. The van der Waals surface area contributed by atoms with Gasteiger partial charge in [0.15, 0.2) is 0 Å². The first kappa shape index (κ1) is 7.65. The van der Waals surface area contributed by atoms with E-state index in [1.165, 1.54) is 12.5 Å². The Labute approximate surface area is 64.2 Å². The van der Waals surface area contributed by atoms with Crippen LogP contribution in [0.1, 0.15) is 17.3 Å². The van der Waals surface area contributed by atoms with Gasteiger partial charge in [0.1, 0.15) is 18.1 Å². The van der Waals surface area contributed by atoms with E-state index < -0.39 is 5.97 Å². The molecular weight excluding hydrogens is 144 g/mol. The molecule has 4 nitrogen and oxygen atoms in total. The summed E-state index contributed by atoms with van der Waals surface area (Å²) in [5, 5.41) is 0. The molecule has 0 aliphatic rings. The van der Waals surface area contributed by atoms with Crippen LogP contribution in [0, 0.1) is 6.20 Å². The van der Waals surface area contributed by atoms with Gasteiger partial charge in [0.05, 0.1) is 6.61 Å². The van der Waals surface area contributed by atoms with Gasteiger partial charge in [0, 0.05) is 6.20 Å². The average Bonchev–Trinajstić information content (AvgIpc) is 2.07. The number of esters is 1. The van der Waals surface area contributed by atoms with Crippen molar-refractivity contribution in [2.45, 2.75) is 6.92 Å². The summed E-state index contributed by atoms with van der Waals surface area (Å²) >= 11 is 0. The maximum Gasteiger partial charge on any atom is 0.341 e. The lowest BCUT2D eigenvalue weighted by Gasteiger charge is -1.97. The van der Waals surface area contributed by atoms with Gasteiger partial charge in [0.25, 0.3) is 0 Å². The van der Waals surface area contributed by atoms with Gasteiger partial charge in [0.2, 0.25) is 0 Å². The Balaban J connectivity index is 2.69. The highest BCUT2D eigenvalue weighted by atomic mass is 16.5. The van der Waals surface area contributed by atoms with E-state index in [4.69, 9.17) is 0 Å². The Morgan fingerprint density at radius 2 is 2.64 bits per heavy atom. The zero-order valence-corrected chi connectivity index (χ0v) is 6.07. The summed E-state index contributed by atoms with van der Waals surface area (Å²) in [6.45, 7) is 2.09. The summed E-state index contributed by atoms with van der Waals surface area (Å²) in [7, 11) is 0. The third-order valence-electron chi connectivity index (χ3n) is 1.01. The minimum atomic E-state index is -0.437. The SMILES string of the molecule is CCOC(=O)c1[c]ncnc1. The van der Waals surface area contributed by atoms with E-state index in [1.807, 2.05) is 0 Å². The first-order chi connectivity index (χ1) is 5.34. The minimum Gasteiger partial charge on any atom is -0.462 e. The van der Waals surface area contributed by atoms with E-state index in [2.05, 4.69) is 20.9 Å². The number of ether oxygens (including phenoxy) is 1. The van der Waals surface area contributed by atoms with Gasteiger partial charge in [-0.05, 0) is 6.92 Å². The Morgan fingerprint density at radius 1 is 1.82 bits per heavy atom. The number of carbonyl (C=O) groups excluding carboxylic acids is 1. The molecule has 0 spiro atoms. The fourth-order valence-electron chi connectivity index (χ4n) is 0.576. The largest absolute Gasteiger partial charge is 0.462 e. The van der Waals surface area contributed by atoms with Gasteiger partial charge < -0.3 is 4.74 Å². The number of carbonyl (C=O) groups is 1. The van der Waals surface area contributed by atoms with Crippen LogP contribution < -0.4 is 0 Å². The maximum atomic E-state index is 10.9. The summed E-state index contributed by atoms with van der Waals surface area (Å²) in [5.74, 6) is -0.437. The topological polar surface area (TPSA) is 52.1 Å². The molecule has 1 aromatic rings. The predicted octanol–water partition coefficient (Wildman–Crippen LogP) is 0.453. The molecule has 57 valence electrons. The summed E-state index contributed by atoms with van der Waals surface area (Å²) in [6.07, 6.45) is 5.14. The van der Waals surface area contributed by atoms with Crippen LogP contribution in [0.5, 0.6) is 0 Å². The van der Waals surface area contributed by atoms with Gasteiger partial charge in [-0.25, -0.2) is 14.8 Å². The van der Waals surface area contributed by atoms with E-state index >= 15 is 0 Å². The Bertz CT molecular complexity index is 235. The Morgan fingerprint density at radius 3 is 3.18 bits per heavy atom. The second-order valence-corrected chi connectivity index (χ2v) is 1.77. The third kappa shape index (κ3) is 2.00. The van der Waals surface area contributed by atoms with E-state index in [9.17, 15) is 4.79 Å². The first-order valence-electron chi connectivity index (χ1n) is 3.19. The van der Waals surface area contributed by atoms with Crippen LogP contribution >= 0.6 is 0 Å². The summed E-state index contributed by atoms with van der Waals surface area (Å²) in [4.78, 5) is 18.1. The van der Waals surface area contributed by atoms with E-state index in [-0.39, 0.29) is 5.56 Å². The highest BCUT2D eigenvalue weighted by Crippen LogP contribution is 1.94. The van der Waals surface area contributed by atoms with E-state index in [0.717, 1.165) is 0 Å². The van der Waals surface area contributed by atoms with Crippen LogP contribution in [0.3, 0.4) is 0 Å². The zero-order valence-electron chi connectivity index (χ0n) is 6.07. The van der Waals surface area contributed by atoms with Crippen molar-refractivity contribution in [3.63, 3.8) is 0 Å². The average molecular weight is 151 g/mol. The van der Waals surface area contributed by atoms with Crippen molar-refractivity contribution in [3.05, 3.63) is 24.3 Å². The Hall–Kier alpha value is -1.45. The van der Waals surface area contributed by atoms with Gasteiger partial charge in [-0.15, -0.1) is 0 Å². The molecule has 11 heavy (non-hydrogen) atoms. The molecule has 1 aromatic heterocycles. The van der Waals surface area contributed by atoms with Crippen LogP contribution in [0.15, 0.2) is 12.5 Å². The van der Waals surface area contributed by atoms with Gasteiger partial charge in [-0.3, -0.25) is 0 Å². The van der Waals surface area contributed by atoms with Crippen molar-refractivity contribution in [2.75, 3.05) is 6.61 Å². The van der Waals surface area contributed by atoms with E-state index in [1.54, 1.807) is 6.92 Å². The Kier molecular flexibility index (Phi) is 2.54. The smallest absolute Gasteiger partial charge is 0.341 e. The minimum absolute atomic E-state index is 0.259. The fraction of sp³-hybridized carbons (Fsp3) is 0.286. The van der Waals surface area contributed by atoms with Crippen LogP contribution in [0.25, 0.3) is 0 Å². The zero-order chi connectivity index (χ0) is 8.10. The quantitative estimate of drug-likeness (QED) is 0.576. The van der Waals surface area contributed by atoms with Crippen LogP contribution in [0.2, 0.25) is 0 Å². The summed E-state index contributed by atoms with van der Waals surface area (Å²) in [5.41, 5.74) is 0.259. The molecule has 0 saturated carbocycles. The maximum absolute atomic E-state index is 10.9. The van der Waals surface area contributed by atoms with Crippen LogP contribution in [-0.2, 0) is 4.74 Å². The lowest BCUT2D eigenvalue weighted by molar-refractivity contribution is 0.0525. The number of aromatic nitrogens is 2. The first-order valence-corrected chi connectivity index (χ1v) is 3.19. The highest BCUT2D eigenvalue weighted by Gasteiger charge is 2.05. The van der Waals surface area contributed by atoms with Crippen molar-refractivity contribution in [3.8, 4) is 0 Å². The monoisotopic (exact) mass is 151 g/mol. The van der Waals surface area contributed by atoms with Crippen molar-refractivity contribution in [2.24, 2.45) is 0 Å². The van der Waals surface area contributed by atoms with Crippen LogP contribution in [-0.4, -0.2) is 22.5 Å². The van der Waals surface area contributed by atoms with Crippen molar-refractivity contribution < 1.29 is 9.53 Å². The van der Waals surface area contributed by atoms with Gasteiger partial charge in [-0.1, -0.05) is 0 Å². The molecular formula is C7H7N2O2. The van der Waals surface area contributed by atoms with Crippen LogP contribution in [0.4, 0.5) is 0 Å². The molecule has 0 atom stereocenters. The molecule has 0 fully saturated rings. The molecule has 0 N–H and O–H groups in total. The number of nitrogens with zero attached hydrogens (tertiary/aromatic N) is 2. The molecule has 0 aromatic carbocycles. The lowest BCUT2D eigenvalue weighted by atomic mass is 10.3. The van der Waals surface area contributed by atoms with Crippen molar-refractivity contribution >= 4 is 5.97 Å². The molecule has 0 bridgehead atoms. The number of hydrogen-bond acceptors (Lipinski definition) is 4. The van der Waals surface area contributed by atoms with Gasteiger partial charge >= 0.3 is 5.97 Å². The predicted molar refractivity (Wildman–Crippen MR) is 36.8 cm³/mol. The molecule has 0 unspecified atom stereocenters. The molecule has 0 aliphatic carbocycles. The fourth-order valence-corrected chi connectivity index (χ4v) is 0.576. The molecule has 0 aliphatic heterocycles. The summed E-state index contributed by atoms with van der Waals surface area (Å²) in [6, 6.07) is 0. The van der Waals surface area contributed by atoms with Crippen molar-refractivity contribution in [1.29, 1.82) is 0 Å². The molecule has 0 amide bonds. The lowest BCUT2D eigenvalue weighted by Crippen LogP contribution is -2.05. The standard InChI is InChI=1S/C7H7N2O2/c1-2-11-7(10)6-3-8-5-9-4-6/h3,5H,2H2,1H3. The molecule has 4 heteroatoms. The summed E-state index contributed by atoms with van der Waals surface area (Å²) < 4.78 is 4.68. The van der Waals surface area contributed by atoms with E-state index in [0.29, 0.717) is 6.61 Å². The molecule has 1 rings (SSSR count). The number of rotatable bonds is 2. The molecule has 0 saturated heterocycles. The van der Waals surface area contributed by atoms with Crippen molar-refractivity contribution in [1.82, 2.24) is 9.97 Å². The highest BCUT2D eigenvalue weighted by molar-refractivity contribution is 5.88. The second kappa shape index (κ2) is 3.65. The normalized spacial score (nSPS) is 9.18. The molecule has 1 heterocycles.